The summed E-state index contributed by atoms with van der Waals surface area (Å²) in [6, 6.07) is 5.60. The standard InChI is InChI=1S/C12H16N2O3/c1-8-3-4-9(7-12(8)14(15)16)13-10-5-11(6-10)17-2/h3-4,7,10-11,13H,5-6H2,1-2H3. The van der Waals surface area contributed by atoms with E-state index < -0.39 is 0 Å². The first-order valence-electron chi connectivity index (χ1n) is 5.64. The third-order valence-electron chi connectivity index (χ3n) is 3.20. The molecular formula is C12H16N2O3. The molecule has 0 radical (unpaired) electrons. The lowest BCUT2D eigenvalue weighted by atomic mass is 9.89. The number of rotatable bonds is 4. The Bertz CT molecular complexity index is 428. The summed E-state index contributed by atoms with van der Waals surface area (Å²) in [6.45, 7) is 1.74. The summed E-state index contributed by atoms with van der Waals surface area (Å²) in [6.07, 6.45) is 2.24. The Kier molecular flexibility index (Phi) is 3.28. The van der Waals surface area contributed by atoms with E-state index in [9.17, 15) is 10.1 Å². The van der Waals surface area contributed by atoms with Crippen molar-refractivity contribution < 1.29 is 9.66 Å². The molecule has 0 atom stereocenters. The van der Waals surface area contributed by atoms with Crippen molar-refractivity contribution in [3.05, 3.63) is 33.9 Å². The van der Waals surface area contributed by atoms with Crippen LogP contribution >= 0.6 is 0 Å². The number of hydrogen-bond donors (Lipinski definition) is 1. The number of nitrogens with one attached hydrogen (secondary N) is 1. The predicted octanol–water partition coefficient (Wildman–Crippen LogP) is 2.49. The van der Waals surface area contributed by atoms with Crippen molar-refractivity contribution in [2.24, 2.45) is 0 Å². The van der Waals surface area contributed by atoms with Crippen LogP contribution in [0.3, 0.4) is 0 Å². The lowest BCUT2D eigenvalue weighted by Gasteiger charge is -2.35. The van der Waals surface area contributed by atoms with Crippen molar-refractivity contribution in [1.29, 1.82) is 0 Å². The van der Waals surface area contributed by atoms with Gasteiger partial charge in [-0.25, -0.2) is 0 Å². The van der Waals surface area contributed by atoms with E-state index in [4.69, 9.17) is 4.74 Å². The van der Waals surface area contributed by atoms with E-state index in [1.54, 1.807) is 26.2 Å². The summed E-state index contributed by atoms with van der Waals surface area (Å²) in [5.41, 5.74) is 1.66. The van der Waals surface area contributed by atoms with Gasteiger partial charge in [-0.2, -0.15) is 0 Å². The molecule has 5 heteroatoms. The van der Waals surface area contributed by atoms with Crippen LogP contribution in [-0.4, -0.2) is 24.2 Å². The van der Waals surface area contributed by atoms with Gasteiger partial charge in [-0.1, -0.05) is 6.07 Å². The fourth-order valence-electron chi connectivity index (χ4n) is 2.01. The molecule has 1 saturated carbocycles. The SMILES string of the molecule is COC1CC(Nc2ccc(C)c([N+](=O)[O-])c2)C1. The van der Waals surface area contributed by atoms with Gasteiger partial charge in [-0.05, 0) is 25.8 Å². The van der Waals surface area contributed by atoms with Crippen LogP contribution < -0.4 is 5.32 Å². The van der Waals surface area contributed by atoms with E-state index in [2.05, 4.69) is 5.32 Å². The van der Waals surface area contributed by atoms with E-state index in [0.717, 1.165) is 18.5 Å². The maximum absolute atomic E-state index is 10.8. The summed E-state index contributed by atoms with van der Waals surface area (Å²) in [4.78, 5) is 10.5. The van der Waals surface area contributed by atoms with Crippen LogP contribution in [-0.2, 0) is 4.74 Å². The van der Waals surface area contributed by atoms with Gasteiger partial charge in [0.2, 0.25) is 0 Å². The van der Waals surface area contributed by atoms with E-state index >= 15 is 0 Å². The minimum Gasteiger partial charge on any atom is -0.382 e. The Morgan fingerprint density at radius 3 is 2.76 bits per heavy atom. The van der Waals surface area contributed by atoms with Crippen molar-refractivity contribution >= 4 is 11.4 Å². The molecule has 0 spiro atoms. The molecule has 0 heterocycles. The number of nitro groups is 1. The molecule has 1 aliphatic rings. The van der Waals surface area contributed by atoms with Gasteiger partial charge in [0.05, 0.1) is 11.0 Å². The van der Waals surface area contributed by atoms with Gasteiger partial charge >= 0.3 is 0 Å². The van der Waals surface area contributed by atoms with E-state index in [0.29, 0.717) is 17.7 Å². The van der Waals surface area contributed by atoms with Crippen molar-refractivity contribution in [2.45, 2.75) is 31.9 Å². The fourth-order valence-corrected chi connectivity index (χ4v) is 2.01. The molecule has 5 nitrogen and oxygen atoms in total. The number of ether oxygens (including phenoxy) is 1. The molecule has 1 aliphatic carbocycles. The molecule has 0 unspecified atom stereocenters. The molecule has 1 aromatic rings. The second kappa shape index (κ2) is 4.71. The van der Waals surface area contributed by atoms with E-state index in [1.165, 1.54) is 0 Å². The van der Waals surface area contributed by atoms with Crippen molar-refractivity contribution in [3.63, 3.8) is 0 Å². The average Bonchev–Trinajstić information content (AvgIpc) is 2.24. The number of methoxy groups -OCH3 is 1. The first-order valence-corrected chi connectivity index (χ1v) is 5.64. The van der Waals surface area contributed by atoms with Crippen LogP contribution in [0.15, 0.2) is 18.2 Å². The number of aryl methyl sites for hydroxylation is 1. The highest BCUT2D eigenvalue weighted by atomic mass is 16.6. The monoisotopic (exact) mass is 236 g/mol. The first kappa shape index (κ1) is 11.9. The number of nitro benzene ring substituents is 1. The Morgan fingerprint density at radius 1 is 1.47 bits per heavy atom. The third kappa shape index (κ3) is 2.55. The van der Waals surface area contributed by atoms with Crippen LogP contribution in [0.5, 0.6) is 0 Å². The normalized spacial score (nSPS) is 22.9. The van der Waals surface area contributed by atoms with Gasteiger partial charge < -0.3 is 10.1 Å². The Labute approximate surface area is 99.9 Å². The maximum atomic E-state index is 10.8. The third-order valence-corrected chi connectivity index (χ3v) is 3.20. The zero-order chi connectivity index (χ0) is 12.4. The van der Waals surface area contributed by atoms with Crippen LogP contribution in [0, 0.1) is 17.0 Å². The molecule has 17 heavy (non-hydrogen) atoms. The van der Waals surface area contributed by atoms with Gasteiger partial charge in [0.25, 0.3) is 5.69 Å². The van der Waals surface area contributed by atoms with Gasteiger partial charge in [-0.3, -0.25) is 10.1 Å². The highest BCUT2D eigenvalue weighted by Gasteiger charge is 2.29. The van der Waals surface area contributed by atoms with Gasteiger partial charge in [0.15, 0.2) is 0 Å². The number of hydrogen-bond acceptors (Lipinski definition) is 4. The Balaban J connectivity index is 2.02. The van der Waals surface area contributed by atoms with Crippen molar-refractivity contribution in [3.8, 4) is 0 Å². The van der Waals surface area contributed by atoms with Crippen LogP contribution in [0.4, 0.5) is 11.4 Å². The summed E-state index contributed by atoms with van der Waals surface area (Å²) in [7, 11) is 1.71. The minimum absolute atomic E-state index is 0.164. The molecule has 0 bridgehead atoms. The Hall–Kier alpha value is -1.62. The topological polar surface area (TPSA) is 64.4 Å². The fraction of sp³-hybridized carbons (Fsp3) is 0.500. The second-order valence-electron chi connectivity index (χ2n) is 4.43. The maximum Gasteiger partial charge on any atom is 0.274 e. The summed E-state index contributed by atoms with van der Waals surface area (Å²) in [5.74, 6) is 0. The van der Waals surface area contributed by atoms with Gasteiger partial charge in [-0.15, -0.1) is 0 Å². The van der Waals surface area contributed by atoms with Crippen molar-refractivity contribution in [2.75, 3.05) is 12.4 Å². The molecular weight excluding hydrogens is 220 g/mol. The zero-order valence-electron chi connectivity index (χ0n) is 9.97. The molecule has 92 valence electrons. The molecule has 0 amide bonds. The molecule has 0 aromatic heterocycles. The molecule has 1 N–H and O–H groups in total. The molecule has 1 fully saturated rings. The average molecular weight is 236 g/mol. The van der Waals surface area contributed by atoms with Crippen LogP contribution in [0.25, 0.3) is 0 Å². The lowest BCUT2D eigenvalue weighted by molar-refractivity contribution is -0.385. The zero-order valence-corrected chi connectivity index (χ0v) is 9.97. The number of nitrogens with zero attached hydrogens (tertiary/aromatic N) is 1. The summed E-state index contributed by atoms with van der Waals surface area (Å²) in [5, 5.41) is 14.1. The van der Waals surface area contributed by atoms with Crippen molar-refractivity contribution in [1.82, 2.24) is 0 Å². The van der Waals surface area contributed by atoms with Crippen LogP contribution in [0.1, 0.15) is 18.4 Å². The number of benzene rings is 1. The highest BCUT2D eigenvalue weighted by molar-refractivity contribution is 5.55. The second-order valence-corrected chi connectivity index (χ2v) is 4.43. The lowest BCUT2D eigenvalue weighted by Crippen LogP contribution is -2.40. The van der Waals surface area contributed by atoms with E-state index in [1.807, 2.05) is 6.07 Å². The molecule has 2 rings (SSSR count). The highest BCUT2D eigenvalue weighted by Crippen LogP contribution is 2.28. The van der Waals surface area contributed by atoms with Gasteiger partial charge in [0, 0.05) is 30.5 Å². The smallest absolute Gasteiger partial charge is 0.274 e. The van der Waals surface area contributed by atoms with E-state index in [-0.39, 0.29) is 10.6 Å². The molecule has 0 aliphatic heterocycles. The van der Waals surface area contributed by atoms with Gasteiger partial charge in [0.1, 0.15) is 0 Å². The Morgan fingerprint density at radius 2 is 2.18 bits per heavy atom. The number of anilines is 1. The largest absolute Gasteiger partial charge is 0.382 e. The predicted molar refractivity (Wildman–Crippen MR) is 65.3 cm³/mol. The van der Waals surface area contributed by atoms with Crippen LogP contribution in [0.2, 0.25) is 0 Å². The summed E-state index contributed by atoms with van der Waals surface area (Å²) < 4.78 is 5.19. The quantitative estimate of drug-likeness (QED) is 0.644. The minimum atomic E-state index is -0.348. The first-order chi connectivity index (χ1) is 8.10. The molecule has 0 saturated heterocycles. The molecule has 1 aromatic carbocycles. The summed E-state index contributed by atoms with van der Waals surface area (Å²) >= 11 is 0.